The summed E-state index contributed by atoms with van der Waals surface area (Å²) in [6, 6.07) is 11.9. The van der Waals surface area contributed by atoms with Crippen molar-refractivity contribution < 1.29 is 0 Å². The molecule has 0 saturated carbocycles. The topological polar surface area (TPSA) is 6.48 Å². The van der Waals surface area contributed by atoms with Crippen molar-refractivity contribution in [2.24, 2.45) is 0 Å². The van der Waals surface area contributed by atoms with Crippen LogP contribution < -0.4 is 0 Å². The first-order chi connectivity index (χ1) is 6.61. The van der Waals surface area contributed by atoms with Crippen LogP contribution in [-0.2, 0) is 6.04 Å². The highest BCUT2D eigenvalue weighted by molar-refractivity contribution is 6.51. The van der Waals surface area contributed by atoms with E-state index >= 15 is 0 Å². The summed E-state index contributed by atoms with van der Waals surface area (Å²) in [5.74, 6) is 0. The maximum Gasteiger partial charge on any atom is 0.233 e. The standard InChI is InChI=1S/C11H19N2Si/c1-12(2)14(13(3)4)10-11-8-6-5-7-9-11/h5-9H,10H2,1-4H3. The van der Waals surface area contributed by atoms with Gasteiger partial charge < -0.3 is 9.13 Å². The van der Waals surface area contributed by atoms with Gasteiger partial charge in [-0.1, -0.05) is 30.3 Å². The largest absolute Gasteiger partial charge is 0.317 e. The number of rotatable bonds is 4. The van der Waals surface area contributed by atoms with Crippen molar-refractivity contribution in [2.75, 3.05) is 28.2 Å². The first-order valence-electron chi connectivity index (χ1n) is 4.85. The van der Waals surface area contributed by atoms with Crippen LogP contribution in [0.5, 0.6) is 0 Å². The van der Waals surface area contributed by atoms with Crippen LogP contribution in [0, 0.1) is 0 Å². The van der Waals surface area contributed by atoms with Crippen LogP contribution in [0.3, 0.4) is 0 Å². The van der Waals surface area contributed by atoms with Gasteiger partial charge in [0.25, 0.3) is 0 Å². The Morgan fingerprint density at radius 2 is 1.43 bits per heavy atom. The summed E-state index contributed by atoms with van der Waals surface area (Å²) in [7, 11) is 8.09. The molecule has 77 valence electrons. The zero-order valence-corrected chi connectivity index (χ0v) is 10.5. The second-order valence-corrected chi connectivity index (χ2v) is 6.84. The molecule has 0 saturated heterocycles. The Morgan fingerprint density at radius 3 is 1.86 bits per heavy atom. The highest BCUT2D eigenvalue weighted by Crippen LogP contribution is 2.04. The predicted octanol–water partition coefficient (Wildman–Crippen LogP) is 1.38. The molecule has 0 aliphatic carbocycles. The highest BCUT2D eigenvalue weighted by Gasteiger charge is 2.18. The summed E-state index contributed by atoms with van der Waals surface area (Å²) in [6.07, 6.45) is 0. The van der Waals surface area contributed by atoms with Crippen molar-refractivity contribution in [2.45, 2.75) is 6.04 Å². The molecule has 0 spiro atoms. The van der Waals surface area contributed by atoms with E-state index in [0.717, 1.165) is 0 Å². The summed E-state index contributed by atoms with van der Waals surface area (Å²) >= 11 is 0. The molecule has 0 heterocycles. The average Bonchev–Trinajstić information content (AvgIpc) is 2.15. The first kappa shape index (κ1) is 11.4. The molecule has 0 unspecified atom stereocenters. The highest BCUT2D eigenvalue weighted by atomic mass is 28.3. The van der Waals surface area contributed by atoms with Crippen molar-refractivity contribution in [1.82, 2.24) is 9.13 Å². The van der Waals surface area contributed by atoms with Crippen LogP contribution in [0.4, 0.5) is 0 Å². The number of benzene rings is 1. The third-order valence-electron chi connectivity index (χ3n) is 2.24. The van der Waals surface area contributed by atoms with E-state index in [9.17, 15) is 0 Å². The predicted molar refractivity (Wildman–Crippen MR) is 63.3 cm³/mol. The fourth-order valence-corrected chi connectivity index (χ4v) is 3.53. The van der Waals surface area contributed by atoms with Gasteiger partial charge in [-0.25, -0.2) is 0 Å². The van der Waals surface area contributed by atoms with Crippen LogP contribution in [0.25, 0.3) is 0 Å². The zero-order valence-electron chi connectivity index (χ0n) is 9.49. The van der Waals surface area contributed by atoms with E-state index in [-0.39, 0.29) is 0 Å². The summed E-state index contributed by atoms with van der Waals surface area (Å²) in [5, 5.41) is 0. The van der Waals surface area contributed by atoms with Gasteiger partial charge in [0.2, 0.25) is 9.12 Å². The van der Waals surface area contributed by atoms with Crippen molar-refractivity contribution in [3.05, 3.63) is 35.9 Å². The summed E-state index contributed by atoms with van der Waals surface area (Å²) < 4.78 is 4.69. The maximum atomic E-state index is 2.34. The molecular formula is C11H19N2Si. The van der Waals surface area contributed by atoms with Gasteiger partial charge in [-0.3, -0.25) is 0 Å². The molecule has 14 heavy (non-hydrogen) atoms. The lowest BCUT2D eigenvalue weighted by Gasteiger charge is -2.27. The molecule has 3 heteroatoms. The van der Waals surface area contributed by atoms with E-state index in [2.05, 4.69) is 67.7 Å². The molecule has 2 nitrogen and oxygen atoms in total. The molecule has 0 bridgehead atoms. The lowest BCUT2D eigenvalue weighted by atomic mass is 10.2. The lowest BCUT2D eigenvalue weighted by molar-refractivity contribution is 0.513. The maximum absolute atomic E-state index is 2.34. The normalized spacial score (nSPS) is 11.6. The molecule has 1 aromatic carbocycles. The van der Waals surface area contributed by atoms with E-state index in [1.54, 1.807) is 0 Å². The van der Waals surface area contributed by atoms with Crippen LogP contribution in [-0.4, -0.2) is 46.4 Å². The SMILES string of the molecule is CN(C)[Si](Cc1ccccc1)N(C)C. The van der Waals surface area contributed by atoms with E-state index in [4.69, 9.17) is 0 Å². The van der Waals surface area contributed by atoms with E-state index < -0.39 is 9.12 Å². The molecule has 0 atom stereocenters. The Hall–Kier alpha value is -0.643. The van der Waals surface area contributed by atoms with Gasteiger partial charge >= 0.3 is 0 Å². The molecule has 1 rings (SSSR count). The molecule has 0 aliphatic heterocycles. The third-order valence-corrected chi connectivity index (χ3v) is 5.03. The van der Waals surface area contributed by atoms with Gasteiger partial charge in [0.1, 0.15) is 0 Å². The monoisotopic (exact) mass is 207 g/mol. The van der Waals surface area contributed by atoms with Gasteiger partial charge in [0.15, 0.2) is 0 Å². The molecule has 0 aliphatic rings. The van der Waals surface area contributed by atoms with Gasteiger partial charge in [0.05, 0.1) is 0 Å². The minimum atomic E-state index is -0.564. The molecule has 0 fully saturated rings. The molecule has 0 N–H and O–H groups in total. The Bertz CT molecular complexity index is 251. The summed E-state index contributed by atoms with van der Waals surface area (Å²) in [4.78, 5) is 0. The number of hydrogen-bond donors (Lipinski definition) is 0. The molecular weight excluding hydrogens is 188 g/mol. The fraction of sp³-hybridized carbons (Fsp3) is 0.455. The zero-order chi connectivity index (χ0) is 10.6. The van der Waals surface area contributed by atoms with E-state index in [0.29, 0.717) is 0 Å². The van der Waals surface area contributed by atoms with Crippen LogP contribution in [0.2, 0.25) is 0 Å². The van der Waals surface area contributed by atoms with Gasteiger partial charge in [-0.15, -0.1) is 0 Å². The van der Waals surface area contributed by atoms with Crippen LogP contribution in [0.1, 0.15) is 5.56 Å². The average molecular weight is 207 g/mol. The minimum Gasteiger partial charge on any atom is -0.317 e. The van der Waals surface area contributed by atoms with Gasteiger partial charge in [0, 0.05) is 0 Å². The number of hydrogen-bond acceptors (Lipinski definition) is 2. The molecule has 0 aromatic heterocycles. The van der Waals surface area contributed by atoms with E-state index in [1.165, 1.54) is 11.6 Å². The summed E-state index contributed by atoms with van der Waals surface area (Å²) in [6.45, 7) is 0. The Kier molecular flexibility index (Phi) is 4.32. The van der Waals surface area contributed by atoms with Crippen molar-refractivity contribution in [3.63, 3.8) is 0 Å². The van der Waals surface area contributed by atoms with E-state index in [1.807, 2.05) is 0 Å². The number of nitrogens with zero attached hydrogens (tertiary/aromatic N) is 2. The Morgan fingerprint density at radius 1 is 0.929 bits per heavy atom. The quantitative estimate of drug-likeness (QED) is 0.688. The lowest BCUT2D eigenvalue weighted by Crippen LogP contribution is -2.47. The fourth-order valence-electron chi connectivity index (χ4n) is 1.49. The molecule has 0 amide bonds. The second kappa shape index (κ2) is 5.29. The Labute approximate surface area is 88.9 Å². The van der Waals surface area contributed by atoms with Crippen molar-refractivity contribution >= 4 is 9.12 Å². The van der Waals surface area contributed by atoms with Gasteiger partial charge in [-0.05, 0) is 39.8 Å². The van der Waals surface area contributed by atoms with Crippen LogP contribution >= 0.6 is 0 Å². The molecule has 1 radical (unpaired) electrons. The molecule has 1 aromatic rings. The summed E-state index contributed by atoms with van der Waals surface area (Å²) in [5.41, 5.74) is 1.43. The third kappa shape index (κ3) is 3.25. The second-order valence-electron chi connectivity index (χ2n) is 3.87. The van der Waals surface area contributed by atoms with Crippen molar-refractivity contribution in [3.8, 4) is 0 Å². The van der Waals surface area contributed by atoms with Crippen molar-refractivity contribution in [1.29, 1.82) is 0 Å². The Balaban J connectivity index is 2.65. The van der Waals surface area contributed by atoms with Crippen LogP contribution in [0.15, 0.2) is 30.3 Å². The minimum absolute atomic E-state index is 0.564. The van der Waals surface area contributed by atoms with Gasteiger partial charge in [-0.2, -0.15) is 0 Å². The first-order valence-corrected chi connectivity index (χ1v) is 6.46. The smallest absolute Gasteiger partial charge is 0.233 e.